The van der Waals surface area contributed by atoms with E-state index in [1.807, 2.05) is 25.5 Å². The lowest BCUT2D eigenvalue weighted by Crippen LogP contribution is -2.05. The summed E-state index contributed by atoms with van der Waals surface area (Å²) in [5.41, 5.74) is 3.86. The van der Waals surface area contributed by atoms with E-state index < -0.39 is 5.82 Å². The number of halogens is 3. The molecule has 2 rings (SSSR count). The highest BCUT2D eigenvalue weighted by Crippen LogP contribution is 2.29. The van der Waals surface area contributed by atoms with Crippen LogP contribution < -0.4 is 0 Å². The number of aryl methyl sites for hydroxylation is 1. The van der Waals surface area contributed by atoms with Gasteiger partial charge >= 0.3 is 0 Å². The summed E-state index contributed by atoms with van der Waals surface area (Å²) in [6.45, 7) is 6.50. The molecule has 1 aromatic carbocycles. The maximum atomic E-state index is 13.5. The van der Waals surface area contributed by atoms with Gasteiger partial charge in [0.05, 0.1) is 22.6 Å². The lowest BCUT2D eigenvalue weighted by molar-refractivity contribution is 0.616. The Labute approximate surface area is 128 Å². The molecule has 0 N–H and O–H groups in total. The van der Waals surface area contributed by atoms with E-state index in [0.717, 1.165) is 28.9 Å². The van der Waals surface area contributed by atoms with Crippen LogP contribution in [0.25, 0.3) is 0 Å². The molecule has 0 radical (unpaired) electrons. The summed E-state index contributed by atoms with van der Waals surface area (Å²) in [7, 11) is 0. The zero-order chi connectivity index (χ0) is 14.9. The summed E-state index contributed by atoms with van der Waals surface area (Å²) in [6.07, 6.45) is 0.852. The molecule has 0 aliphatic carbocycles. The largest absolute Gasteiger partial charge is 0.265 e. The van der Waals surface area contributed by atoms with Gasteiger partial charge in [0.25, 0.3) is 0 Å². The maximum Gasteiger partial charge on any atom is 0.142 e. The minimum Gasteiger partial charge on any atom is -0.265 e. The fourth-order valence-electron chi connectivity index (χ4n) is 2.33. The second kappa shape index (κ2) is 6.15. The van der Waals surface area contributed by atoms with Gasteiger partial charge in [0.2, 0.25) is 0 Å². The highest BCUT2D eigenvalue weighted by atomic mass is 35.5. The van der Waals surface area contributed by atoms with Crippen molar-refractivity contribution < 1.29 is 4.39 Å². The van der Waals surface area contributed by atoms with Crippen molar-refractivity contribution in [1.82, 2.24) is 9.78 Å². The predicted molar refractivity (Wildman–Crippen MR) is 81.1 cm³/mol. The Hall–Kier alpha value is -1.06. The second-order valence-corrected chi connectivity index (χ2v) is 5.80. The SMILES string of the molecule is CCC(Cl)c1c(C)nn(Cc2ccc(Cl)c(F)c2)c1C. The van der Waals surface area contributed by atoms with Crippen molar-refractivity contribution >= 4 is 23.2 Å². The molecule has 1 heterocycles. The molecule has 20 heavy (non-hydrogen) atoms. The minimum atomic E-state index is -0.408. The fourth-order valence-corrected chi connectivity index (χ4v) is 2.77. The molecule has 0 amide bonds. The molecule has 0 saturated carbocycles. The van der Waals surface area contributed by atoms with Gasteiger partial charge in [-0.3, -0.25) is 4.68 Å². The lowest BCUT2D eigenvalue weighted by atomic mass is 10.1. The molecule has 0 bridgehead atoms. The Morgan fingerprint density at radius 2 is 2.05 bits per heavy atom. The van der Waals surface area contributed by atoms with Gasteiger partial charge < -0.3 is 0 Å². The second-order valence-electron chi connectivity index (χ2n) is 4.87. The van der Waals surface area contributed by atoms with Gasteiger partial charge in [0, 0.05) is 11.3 Å². The third-order valence-corrected chi connectivity index (χ3v) is 4.26. The van der Waals surface area contributed by atoms with Gasteiger partial charge in [0.1, 0.15) is 5.82 Å². The molecule has 0 aliphatic heterocycles. The Morgan fingerprint density at radius 1 is 1.35 bits per heavy atom. The molecular weight excluding hydrogens is 298 g/mol. The zero-order valence-corrected chi connectivity index (χ0v) is 13.3. The first-order valence-corrected chi connectivity index (χ1v) is 7.37. The molecule has 0 spiro atoms. The van der Waals surface area contributed by atoms with Gasteiger partial charge in [0.15, 0.2) is 0 Å². The van der Waals surface area contributed by atoms with Gasteiger partial charge in [-0.1, -0.05) is 24.6 Å². The minimum absolute atomic E-state index is 0.0364. The Morgan fingerprint density at radius 3 is 2.65 bits per heavy atom. The third kappa shape index (κ3) is 2.99. The van der Waals surface area contributed by atoms with Crippen LogP contribution in [-0.4, -0.2) is 9.78 Å². The quantitative estimate of drug-likeness (QED) is 0.724. The van der Waals surface area contributed by atoms with E-state index in [1.165, 1.54) is 6.07 Å². The van der Waals surface area contributed by atoms with Crippen molar-refractivity contribution in [2.45, 2.75) is 39.1 Å². The smallest absolute Gasteiger partial charge is 0.142 e. The van der Waals surface area contributed by atoms with Crippen molar-refractivity contribution in [1.29, 1.82) is 0 Å². The first kappa shape index (κ1) is 15.3. The van der Waals surface area contributed by atoms with Gasteiger partial charge in [-0.2, -0.15) is 5.10 Å². The average Bonchev–Trinajstić information content (AvgIpc) is 2.68. The molecule has 1 atom stereocenters. The van der Waals surface area contributed by atoms with Gasteiger partial charge in [-0.15, -0.1) is 11.6 Å². The number of alkyl halides is 1. The van der Waals surface area contributed by atoms with Crippen LogP contribution in [0.4, 0.5) is 4.39 Å². The molecule has 108 valence electrons. The molecule has 0 aliphatic rings. The first-order valence-electron chi connectivity index (χ1n) is 6.56. The summed E-state index contributed by atoms with van der Waals surface area (Å²) in [5.74, 6) is -0.408. The van der Waals surface area contributed by atoms with Crippen molar-refractivity contribution in [3.63, 3.8) is 0 Å². The monoisotopic (exact) mass is 314 g/mol. The van der Waals surface area contributed by atoms with Crippen LogP contribution in [0.3, 0.4) is 0 Å². The third-order valence-electron chi connectivity index (χ3n) is 3.43. The van der Waals surface area contributed by atoms with E-state index in [1.54, 1.807) is 12.1 Å². The van der Waals surface area contributed by atoms with Crippen molar-refractivity contribution in [3.05, 3.63) is 51.6 Å². The van der Waals surface area contributed by atoms with Gasteiger partial charge in [-0.05, 0) is 38.0 Å². The summed E-state index contributed by atoms with van der Waals surface area (Å²) in [6, 6.07) is 4.81. The molecule has 5 heteroatoms. The van der Waals surface area contributed by atoms with E-state index in [2.05, 4.69) is 5.10 Å². The van der Waals surface area contributed by atoms with Crippen LogP contribution >= 0.6 is 23.2 Å². The molecule has 1 aromatic heterocycles. The van der Waals surface area contributed by atoms with Crippen molar-refractivity contribution in [2.75, 3.05) is 0 Å². The van der Waals surface area contributed by atoms with Crippen LogP contribution in [0.15, 0.2) is 18.2 Å². The average molecular weight is 315 g/mol. The molecule has 2 aromatic rings. The first-order chi connectivity index (χ1) is 9.43. The highest BCUT2D eigenvalue weighted by molar-refractivity contribution is 6.30. The molecule has 2 nitrogen and oxygen atoms in total. The molecule has 1 unspecified atom stereocenters. The zero-order valence-electron chi connectivity index (χ0n) is 11.8. The maximum absolute atomic E-state index is 13.5. The van der Waals surface area contributed by atoms with Crippen molar-refractivity contribution in [2.24, 2.45) is 0 Å². The van der Waals surface area contributed by atoms with E-state index in [-0.39, 0.29) is 10.4 Å². The van der Waals surface area contributed by atoms with Crippen LogP contribution in [0, 0.1) is 19.7 Å². The summed E-state index contributed by atoms with van der Waals surface area (Å²) in [4.78, 5) is 0. The fraction of sp³-hybridized carbons (Fsp3) is 0.400. The highest BCUT2D eigenvalue weighted by Gasteiger charge is 2.18. The van der Waals surface area contributed by atoms with Crippen LogP contribution in [0.2, 0.25) is 5.02 Å². The summed E-state index contributed by atoms with van der Waals surface area (Å²) >= 11 is 12.0. The standard InChI is InChI=1S/C15H17Cl2FN2/c1-4-12(16)15-9(2)19-20(10(15)3)8-11-5-6-13(17)14(18)7-11/h5-7,12H,4,8H2,1-3H3. The van der Waals surface area contributed by atoms with E-state index >= 15 is 0 Å². The summed E-state index contributed by atoms with van der Waals surface area (Å²) < 4.78 is 15.3. The van der Waals surface area contributed by atoms with Gasteiger partial charge in [-0.25, -0.2) is 4.39 Å². The lowest BCUT2D eigenvalue weighted by Gasteiger charge is -2.09. The number of nitrogens with zero attached hydrogens (tertiary/aromatic N) is 2. The Bertz CT molecular complexity index is 623. The van der Waals surface area contributed by atoms with Crippen LogP contribution in [0.1, 0.15) is 41.2 Å². The predicted octanol–water partition coefficient (Wildman–Crippen LogP) is 5.03. The topological polar surface area (TPSA) is 17.8 Å². The Kier molecular flexibility index (Phi) is 4.71. The molecule has 0 saturated heterocycles. The number of hydrogen-bond donors (Lipinski definition) is 0. The molecule has 0 fully saturated rings. The summed E-state index contributed by atoms with van der Waals surface area (Å²) in [5, 5.41) is 4.60. The molecular formula is C15H17Cl2FN2. The number of hydrogen-bond acceptors (Lipinski definition) is 1. The van der Waals surface area contributed by atoms with Crippen LogP contribution in [0.5, 0.6) is 0 Å². The normalized spacial score (nSPS) is 12.7. The van der Waals surface area contributed by atoms with Crippen molar-refractivity contribution in [3.8, 4) is 0 Å². The number of benzene rings is 1. The Balaban J connectivity index is 2.32. The van der Waals surface area contributed by atoms with E-state index in [9.17, 15) is 4.39 Å². The van der Waals surface area contributed by atoms with Crippen LogP contribution in [-0.2, 0) is 6.54 Å². The number of aromatic nitrogens is 2. The number of rotatable bonds is 4. The van der Waals surface area contributed by atoms with E-state index in [0.29, 0.717) is 6.54 Å². The van der Waals surface area contributed by atoms with E-state index in [4.69, 9.17) is 23.2 Å².